The van der Waals surface area contributed by atoms with Crippen LogP contribution in [0.4, 0.5) is 5.69 Å². The number of imide groups is 1. The second-order valence-electron chi connectivity index (χ2n) is 9.26. The van der Waals surface area contributed by atoms with E-state index in [1.54, 1.807) is 19.1 Å². The summed E-state index contributed by atoms with van der Waals surface area (Å²) < 4.78 is 5.40. The number of fused-ring (bicyclic) bond motifs is 4. The highest BCUT2D eigenvalue weighted by Gasteiger charge is 2.71. The number of rotatable bonds is 4. The maximum atomic E-state index is 13.8. The lowest BCUT2D eigenvalue weighted by atomic mass is 9.75. The van der Waals surface area contributed by atoms with Crippen molar-refractivity contribution in [2.75, 3.05) is 12.4 Å². The minimum absolute atomic E-state index is 0.0403. The van der Waals surface area contributed by atoms with Crippen molar-refractivity contribution in [3.05, 3.63) is 58.7 Å². The van der Waals surface area contributed by atoms with E-state index in [0.717, 1.165) is 11.1 Å². The van der Waals surface area contributed by atoms with E-state index in [9.17, 15) is 19.5 Å². The highest BCUT2D eigenvalue weighted by molar-refractivity contribution is 6.15. The summed E-state index contributed by atoms with van der Waals surface area (Å²) in [6, 6.07) is 10.3. The number of ether oxygens (including phenoxy) is 1. The van der Waals surface area contributed by atoms with E-state index in [1.165, 1.54) is 12.0 Å². The summed E-state index contributed by atoms with van der Waals surface area (Å²) in [4.78, 5) is 42.1. The number of anilines is 1. The van der Waals surface area contributed by atoms with Crippen LogP contribution in [0, 0.1) is 25.7 Å². The lowest BCUT2D eigenvalue weighted by Gasteiger charge is -2.30. The minimum atomic E-state index is -1.42. The van der Waals surface area contributed by atoms with Crippen LogP contribution in [0.3, 0.4) is 0 Å². The molecule has 3 heterocycles. The maximum absolute atomic E-state index is 13.8. The Morgan fingerprint density at radius 3 is 2.58 bits per heavy atom. The van der Waals surface area contributed by atoms with Crippen molar-refractivity contribution in [2.24, 2.45) is 11.8 Å². The molecule has 2 saturated heterocycles. The number of benzene rings is 2. The number of amides is 3. The quantitative estimate of drug-likeness (QED) is 0.612. The van der Waals surface area contributed by atoms with E-state index in [1.807, 2.05) is 38.1 Å². The van der Waals surface area contributed by atoms with Gasteiger partial charge in [0.25, 0.3) is 0 Å². The standard InChI is InChI=1S/C25H27N3O5/c1-12-9-13(2)20-16(10-12)25(24(32)26-20)19-18(21(27-25)14(3)29)22(30)28(23(19)31)11-15-7-5-6-8-17(15)33-4/h5-10,14,18-19,21,27,29H,11H2,1-4H3,(H,26,32). The summed E-state index contributed by atoms with van der Waals surface area (Å²) in [7, 11) is 1.54. The van der Waals surface area contributed by atoms with Gasteiger partial charge in [0.05, 0.1) is 31.6 Å². The summed E-state index contributed by atoms with van der Waals surface area (Å²) in [5.74, 6) is -2.42. The molecule has 2 aromatic carbocycles. The molecule has 5 unspecified atom stereocenters. The first-order chi connectivity index (χ1) is 15.7. The van der Waals surface area contributed by atoms with Crippen LogP contribution in [0.15, 0.2) is 36.4 Å². The van der Waals surface area contributed by atoms with E-state index in [4.69, 9.17) is 4.74 Å². The number of para-hydroxylation sites is 1. The fourth-order valence-electron chi connectivity index (χ4n) is 5.82. The molecule has 0 aliphatic carbocycles. The fraction of sp³-hybridized carbons (Fsp3) is 0.400. The van der Waals surface area contributed by atoms with Crippen molar-refractivity contribution in [2.45, 2.75) is 45.0 Å². The number of hydrogen-bond donors (Lipinski definition) is 3. The van der Waals surface area contributed by atoms with Crippen LogP contribution in [0.1, 0.15) is 29.2 Å². The molecule has 0 radical (unpaired) electrons. The van der Waals surface area contributed by atoms with Crippen molar-refractivity contribution in [1.82, 2.24) is 10.2 Å². The Balaban J connectivity index is 1.63. The van der Waals surface area contributed by atoms with Gasteiger partial charge in [-0.3, -0.25) is 24.6 Å². The number of hydrogen-bond acceptors (Lipinski definition) is 6. The molecule has 0 bridgehead atoms. The molecule has 5 atom stereocenters. The Morgan fingerprint density at radius 2 is 1.88 bits per heavy atom. The molecule has 8 heteroatoms. The molecule has 3 amide bonds. The van der Waals surface area contributed by atoms with Crippen LogP contribution in [-0.4, -0.2) is 47.0 Å². The number of carbonyl (C=O) groups excluding carboxylic acids is 3. The number of aryl methyl sites for hydroxylation is 2. The molecule has 3 N–H and O–H groups in total. The lowest BCUT2D eigenvalue weighted by Crippen LogP contribution is -2.54. The van der Waals surface area contributed by atoms with E-state index in [2.05, 4.69) is 10.6 Å². The Hall–Kier alpha value is -3.23. The highest BCUT2D eigenvalue weighted by atomic mass is 16.5. The molecular weight excluding hydrogens is 422 g/mol. The Morgan fingerprint density at radius 1 is 1.15 bits per heavy atom. The maximum Gasteiger partial charge on any atom is 0.250 e. The van der Waals surface area contributed by atoms with Gasteiger partial charge in [-0.15, -0.1) is 0 Å². The number of aliphatic hydroxyl groups excluding tert-OH is 1. The largest absolute Gasteiger partial charge is 0.496 e. The molecule has 33 heavy (non-hydrogen) atoms. The van der Waals surface area contributed by atoms with Gasteiger partial charge in [0, 0.05) is 22.9 Å². The van der Waals surface area contributed by atoms with Gasteiger partial charge < -0.3 is 15.2 Å². The Kier molecular flexibility index (Phi) is 4.84. The predicted octanol–water partition coefficient (Wildman–Crippen LogP) is 1.61. The summed E-state index contributed by atoms with van der Waals surface area (Å²) in [5.41, 5.74) is 2.43. The topological polar surface area (TPSA) is 108 Å². The van der Waals surface area contributed by atoms with Gasteiger partial charge in [0.1, 0.15) is 11.3 Å². The number of methoxy groups -OCH3 is 1. The molecule has 2 fully saturated rings. The zero-order valence-electron chi connectivity index (χ0n) is 19.0. The summed E-state index contributed by atoms with van der Waals surface area (Å²) >= 11 is 0. The average Bonchev–Trinajstić information content (AvgIpc) is 3.36. The molecule has 1 spiro atoms. The van der Waals surface area contributed by atoms with Gasteiger partial charge in [-0.2, -0.15) is 0 Å². The normalized spacial score (nSPS) is 28.8. The monoisotopic (exact) mass is 449 g/mol. The zero-order chi connectivity index (χ0) is 23.7. The van der Waals surface area contributed by atoms with Crippen molar-refractivity contribution in [3.8, 4) is 5.75 Å². The number of nitrogens with one attached hydrogen (secondary N) is 2. The van der Waals surface area contributed by atoms with Gasteiger partial charge in [-0.05, 0) is 32.4 Å². The fourth-order valence-corrected chi connectivity index (χ4v) is 5.82. The van der Waals surface area contributed by atoms with Gasteiger partial charge >= 0.3 is 0 Å². The molecule has 3 aliphatic rings. The molecule has 3 aliphatic heterocycles. The van der Waals surface area contributed by atoms with Gasteiger partial charge in [0.2, 0.25) is 17.7 Å². The second kappa shape index (κ2) is 7.40. The summed E-state index contributed by atoms with van der Waals surface area (Å²) in [5, 5.41) is 16.7. The van der Waals surface area contributed by atoms with Crippen LogP contribution >= 0.6 is 0 Å². The van der Waals surface area contributed by atoms with E-state index >= 15 is 0 Å². The third kappa shape index (κ3) is 2.87. The third-order valence-corrected chi connectivity index (χ3v) is 7.23. The van der Waals surface area contributed by atoms with Gasteiger partial charge in [-0.1, -0.05) is 35.9 Å². The first-order valence-corrected chi connectivity index (χ1v) is 11.1. The number of carbonyl (C=O) groups is 3. The lowest BCUT2D eigenvalue weighted by molar-refractivity contribution is -0.143. The van der Waals surface area contributed by atoms with Crippen LogP contribution in [-0.2, 0) is 26.5 Å². The van der Waals surface area contributed by atoms with Crippen molar-refractivity contribution >= 4 is 23.4 Å². The van der Waals surface area contributed by atoms with E-state index < -0.39 is 41.3 Å². The van der Waals surface area contributed by atoms with Gasteiger partial charge in [0.15, 0.2) is 0 Å². The Labute approximate surface area is 191 Å². The minimum Gasteiger partial charge on any atom is -0.496 e. The smallest absolute Gasteiger partial charge is 0.250 e. The van der Waals surface area contributed by atoms with Crippen LogP contribution in [0.25, 0.3) is 0 Å². The van der Waals surface area contributed by atoms with Crippen molar-refractivity contribution in [1.29, 1.82) is 0 Å². The first-order valence-electron chi connectivity index (χ1n) is 11.1. The Bertz CT molecular complexity index is 1190. The predicted molar refractivity (Wildman–Crippen MR) is 120 cm³/mol. The van der Waals surface area contributed by atoms with Crippen LogP contribution in [0.5, 0.6) is 5.75 Å². The highest BCUT2D eigenvalue weighted by Crippen LogP contribution is 2.54. The van der Waals surface area contributed by atoms with E-state index in [0.29, 0.717) is 22.6 Å². The summed E-state index contributed by atoms with van der Waals surface area (Å²) in [6.07, 6.45) is -0.942. The molecular formula is C25H27N3O5. The number of nitrogens with zero attached hydrogens (tertiary/aromatic N) is 1. The SMILES string of the molecule is COc1ccccc1CN1C(=O)C2C(C(C)O)NC3(C(=O)Nc4c(C)cc(C)cc43)C2C1=O. The molecule has 8 nitrogen and oxygen atoms in total. The van der Waals surface area contributed by atoms with E-state index in [-0.39, 0.29) is 12.5 Å². The molecule has 172 valence electrons. The summed E-state index contributed by atoms with van der Waals surface area (Å²) in [6.45, 7) is 5.44. The van der Waals surface area contributed by atoms with Crippen LogP contribution in [0.2, 0.25) is 0 Å². The third-order valence-electron chi connectivity index (χ3n) is 7.23. The molecule has 0 aromatic heterocycles. The number of likely N-dealkylation sites (tertiary alicyclic amines) is 1. The first kappa shape index (κ1) is 21.6. The van der Waals surface area contributed by atoms with Crippen molar-refractivity contribution in [3.63, 3.8) is 0 Å². The van der Waals surface area contributed by atoms with Crippen LogP contribution < -0.4 is 15.4 Å². The molecule has 5 rings (SSSR count). The number of aliphatic hydroxyl groups is 1. The second-order valence-corrected chi connectivity index (χ2v) is 9.26. The average molecular weight is 450 g/mol. The molecule has 0 saturated carbocycles. The van der Waals surface area contributed by atoms with Gasteiger partial charge in [-0.25, -0.2) is 0 Å². The molecule has 2 aromatic rings. The van der Waals surface area contributed by atoms with Crippen molar-refractivity contribution < 1.29 is 24.2 Å². The zero-order valence-corrected chi connectivity index (χ0v) is 19.0.